The maximum absolute atomic E-state index is 11.9. The molecule has 0 aliphatic carbocycles. The Morgan fingerprint density at radius 2 is 2.00 bits per heavy atom. The number of nitrogens with one attached hydrogen (secondary N) is 1. The van der Waals surface area contributed by atoms with Crippen LogP contribution in [0, 0.1) is 5.92 Å². The van der Waals surface area contributed by atoms with Gasteiger partial charge in [0, 0.05) is 33.2 Å². The Hall–Kier alpha value is -0.480. The molecule has 0 aromatic carbocycles. The molecule has 1 N–H and O–H groups in total. The zero-order chi connectivity index (χ0) is 11.3. The molecule has 0 radical (unpaired) electrons. The van der Waals surface area contributed by atoms with Crippen LogP contribution in [0.2, 0.25) is 0 Å². The van der Waals surface area contributed by atoms with Gasteiger partial charge in [0.05, 0.1) is 0 Å². The van der Waals surface area contributed by atoms with Gasteiger partial charge in [-0.2, -0.15) is 0 Å². The van der Waals surface area contributed by atoms with Gasteiger partial charge in [0.25, 0.3) is 0 Å². The summed E-state index contributed by atoms with van der Waals surface area (Å²) < 4.78 is 0. The molecule has 1 rings (SSSR count). The smallest absolute Gasteiger partial charge is 0.319 e. The number of rotatable bonds is 3. The van der Waals surface area contributed by atoms with Crippen molar-refractivity contribution in [1.29, 1.82) is 0 Å². The standard InChI is InChI=1S/C11H23N3O.ClH/c1-10-4-7-14(8-5-10)11(15)13(3)9-6-12-2;/h10,12H,4-9H2,1-3H3;1H. The third-order valence-electron chi connectivity index (χ3n) is 3.08. The fraction of sp³-hybridized carbons (Fsp3) is 0.909. The molecular formula is C11H24ClN3O. The molecule has 1 aliphatic rings. The van der Waals surface area contributed by atoms with Crippen LogP contribution in [0.15, 0.2) is 0 Å². The Bertz CT molecular complexity index is 205. The molecular weight excluding hydrogens is 226 g/mol. The maximum atomic E-state index is 11.9. The molecule has 16 heavy (non-hydrogen) atoms. The summed E-state index contributed by atoms with van der Waals surface area (Å²) in [4.78, 5) is 15.7. The van der Waals surface area contributed by atoms with Crippen LogP contribution in [0.1, 0.15) is 19.8 Å². The highest BCUT2D eigenvalue weighted by Crippen LogP contribution is 2.16. The zero-order valence-corrected chi connectivity index (χ0v) is 11.3. The molecule has 0 aromatic heterocycles. The first-order valence-corrected chi connectivity index (χ1v) is 5.79. The molecule has 5 heteroatoms. The molecule has 0 aromatic rings. The van der Waals surface area contributed by atoms with E-state index < -0.39 is 0 Å². The fourth-order valence-electron chi connectivity index (χ4n) is 1.82. The Kier molecular flexibility index (Phi) is 7.51. The van der Waals surface area contributed by atoms with E-state index in [4.69, 9.17) is 0 Å². The summed E-state index contributed by atoms with van der Waals surface area (Å²) in [5, 5.41) is 3.05. The molecule has 0 atom stereocenters. The number of nitrogens with zero attached hydrogens (tertiary/aromatic N) is 2. The minimum atomic E-state index is 0. The van der Waals surface area contributed by atoms with Crippen LogP contribution in [0.25, 0.3) is 0 Å². The van der Waals surface area contributed by atoms with Gasteiger partial charge in [-0.1, -0.05) is 6.92 Å². The number of likely N-dealkylation sites (tertiary alicyclic amines) is 1. The summed E-state index contributed by atoms with van der Waals surface area (Å²) in [5.41, 5.74) is 0. The molecule has 2 amide bonds. The van der Waals surface area contributed by atoms with E-state index in [0.29, 0.717) is 0 Å². The second kappa shape index (κ2) is 7.74. The summed E-state index contributed by atoms with van der Waals surface area (Å²) in [6.45, 7) is 5.73. The second-order valence-electron chi connectivity index (χ2n) is 4.48. The summed E-state index contributed by atoms with van der Waals surface area (Å²) in [6, 6.07) is 0.178. The summed E-state index contributed by atoms with van der Waals surface area (Å²) in [7, 11) is 3.78. The Morgan fingerprint density at radius 1 is 1.44 bits per heavy atom. The molecule has 1 heterocycles. The largest absolute Gasteiger partial charge is 0.326 e. The molecule has 1 fully saturated rings. The van der Waals surface area contributed by atoms with E-state index in [0.717, 1.165) is 44.9 Å². The predicted octanol–water partition coefficient (Wildman–Crippen LogP) is 1.41. The van der Waals surface area contributed by atoms with E-state index in [1.807, 2.05) is 19.0 Å². The summed E-state index contributed by atoms with van der Waals surface area (Å²) in [6.07, 6.45) is 2.29. The van der Waals surface area contributed by atoms with Crippen molar-refractivity contribution in [2.24, 2.45) is 5.92 Å². The van der Waals surface area contributed by atoms with Crippen LogP contribution in [0.3, 0.4) is 0 Å². The van der Waals surface area contributed by atoms with Gasteiger partial charge in [-0.05, 0) is 25.8 Å². The monoisotopic (exact) mass is 249 g/mol. The number of hydrogen-bond acceptors (Lipinski definition) is 2. The molecule has 0 spiro atoms. The average Bonchev–Trinajstić information content (AvgIpc) is 2.26. The van der Waals surface area contributed by atoms with E-state index in [-0.39, 0.29) is 18.4 Å². The number of likely N-dealkylation sites (N-methyl/N-ethyl adjacent to an activating group) is 2. The highest BCUT2D eigenvalue weighted by atomic mass is 35.5. The van der Waals surface area contributed by atoms with Crippen LogP contribution < -0.4 is 5.32 Å². The Morgan fingerprint density at radius 3 is 2.50 bits per heavy atom. The topological polar surface area (TPSA) is 35.6 Å². The number of carbonyl (C=O) groups is 1. The van der Waals surface area contributed by atoms with Crippen molar-refractivity contribution >= 4 is 18.4 Å². The minimum Gasteiger partial charge on any atom is -0.326 e. The van der Waals surface area contributed by atoms with Crippen molar-refractivity contribution in [1.82, 2.24) is 15.1 Å². The third kappa shape index (κ3) is 4.58. The summed E-state index contributed by atoms with van der Waals surface area (Å²) in [5.74, 6) is 0.775. The lowest BCUT2D eigenvalue weighted by Gasteiger charge is -2.33. The number of piperidine rings is 1. The average molecular weight is 250 g/mol. The normalized spacial score (nSPS) is 16.8. The van der Waals surface area contributed by atoms with E-state index in [9.17, 15) is 4.79 Å². The number of halogens is 1. The number of hydrogen-bond donors (Lipinski definition) is 1. The number of urea groups is 1. The van der Waals surface area contributed by atoms with Crippen molar-refractivity contribution in [3.8, 4) is 0 Å². The fourth-order valence-corrected chi connectivity index (χ4v) is 1.82. The van der Waals surface area contributed by atoms with Crippen molar-refractivity contribution in [3.63, 3.8) is 0 Å². The van der Waals surface area contributed by atoms with Gasteiger partial charge < -0.3 is 15.1 Å². The Labute approximate surface area is 105 Å². The molecule has 96 valence electrons. The second-order valence-corrected chi connectivity index (χ2v) is 4.48. The highest BCUT2D eigenvalue weighted by Gasteiger charge is 2.22. The number of amides is 2. The van der Waals surface area contributed by atoms with Gasteiger partial charge in [-0.25, -0.2) is 4.79 Å². The quantitative estimate of drug-likeness (QED) is 0.821. The maximum Gasteiger partial charge on any atom is 0.319 e. The Balaban J connectivity index is 0.00000225. The highest BCUT2D eigenvalue weighted by molar-refractivity contribution is 5.85. The van der Waals surface area contributed by atoms with Crippen LogP contribution in [-0.4, -0.2) is 56.1 Å². The van der Waals surface area contributed by atoms with E-state index in [1.165, 1.54) is 0 Å². The first-order valence-electron chi connectivity index (χ1n) is 5.79. The van der Waals surface area contributed by atoms with Gasteiger partial charge in [-0.3, -0.25) is 0 Å². The van der Waals surface area contributed by atoms with E-state index in [2.05, 4.69) is 12.2 Å². The first-order chi connectivity index (χ1) is 7.15. The van der Waals surface area contributed by atoms with Crippen molar-refractivity contribution in [2.45, 2.75) is 19.8 Å². The van der Waals surface area contributed by atoms with Gasteiger partial charge in [0.1, 0.15) is 0 Å². The molecule has 0 bridgehead atoms. The lowest BCUT2D eigenvalue weighted by Crippen LogP contribution is -2.46. The lowest BCUT2D eigenvalue weighted by atomic mass is 10.00. The summed E-state index contributed by atoms with van der Waals surface area (Å²) >= 11 is 0. The first kappa shape index (κ1) is 15.5. The van der Waals surface area contributed by atoms with Crippen LogP contribution in [-0.2, 0) is 0 Å². The molecule has 0 unspecified atom stereocenters. The van der Waals surface area contributed by atoms with Crippen molar-refractivity contribution in [3.05, 3.63) is 0 Å². The third-order valence-corrected chi connectivity index (χ3v) is 3.08. The van der Waals surface area contributed by atoms with Crippen LogP contribution >= 0.6 is 12.4 Å². The van der Waals surface area contributed by atoms with Gasteiger partial charge >= 0.3 is 6.03 Å². The SMILES string of the molecule is CNCCN(C)C(=O)N1CCC(C)CC1.Cl. The van der Waals surface area contributed by atoms with Gasteiger partial charge in [-0.15, -0.1) is 12.4 Å². The molecule has 4 nitrogen and oxygen atoms in total. The molecule has 1 aliphatic heterocycles. The predicted molar refractivity (Wildman–Crippen MR) is 69.2 cm³/mol. The van der Waals surface area contributed by atoms with Crippen molar-refractivity contribution in [2.75, 3.05) is 40.3 Å². The van der Waals surface area contributed by atoms with Crippen LogP contribution in [0.4, 0.5) is 4.79 Å². The number of carbonyl (C=O) groups excluding carboxylic acids is 1. The lowest BCUT2D eigenvalue weighted by molar-refractivity contribution is 0.143. The van der Waals surface area contributed by atoms with Gasteiger partial charge in [0.15, 0.2) is 0 Å². The molecule has 1 saturated heterocycles. The van der Waals surface area contributed by atoms with Gasteiger partial charge in [0.2, 0.25) is 0 Å². The van der Waals surface area contributed by atoms with Crippen LogP contribution in [0.5, 0.6) is 0 Å². The zero-order valence-electron chi connectivity index (χ0n) is 10.5. The van der Waals surface area contributed by atoms with Crippen molar-refractivity contribution < 1.29 is 4.79 Å². The molecule has 0 saturated carbocycles. The minimum absolute atomic E-state index is 0. The van der Waals surface area contributed by atoms with E-state index in [1.54, 1.807) is 4.90 Å². The van der Waals surface area contributed by atoms with E-state index >= 15 is 0 Å².